The van der Waals surface area contributed by atoms with Gasteiger partial charge in [-0.15, -0.1) is 0 Å². The van der Waals surface area contributed by atoms with Gasteiger partial charge in [0.25, 0.3) is 5.91 Å². The van der Waals surface area contributed by atoms with E-state index in [1.165, 1.54) is 5.56 Å². The van der Waals surface area contributed by atoms with E-state index in [1.807, 2.05) is 47.9 Å². The van der Waals surface area contributed by atoms with Gasteiger partial charge in [-0.3, -0.25) is 4.79 Å². The highest BCUT2D eigenvalue weighted by molar-refractivity contribution is 5.92. The molecule has 4 nitrogen and oxygen atoms in total. The molecular formula is C18H19N3O. The normalized spacial score (nSPS) is 12.3. The number of hydrogen-bond donors (Lipinski definition) is 1. The van der Waals surface area contributed by atoms with Crippen LogP contribution in [0.5, 0.6) is 0 Å². The number of carbonyl (C=O) groups is 1. The van der Waals surface area contributed by atoms with Crippen LogP contribution in [-0.2, 0) is 0 Å². The molecule has 1 N–H and O–H groups in total. The number of imidazole rings is 1. The van der Waals surface area contributed by atoms with Gasteiger partial charge in [0, 0.05) is 18.9 Å². The van der Waals surface area contributed by atoms with Crippen molar-refractivity contribution in [2.75, 3.05) is 6.54 Å². The number of pyridine rings is 1. The van der Waals surface area contributed by atoms with Gasteiger partial charge in [-0.25, -0.2) is 4.98 Å². The monoisotopic (exact) mass is 293 g/mol. The average Bonchev–Trinajstić information content (AvgIpc) is 2.96. The zero-order chi connectivity index (χ0) is 15.5. The first-order chi connectivity index (χ1) is 10.6. The Bertz CT molecular complexity index is 792. The molecule has 0 spiro atoms. The predicted octanol–water partition coefficient (Wildman–Crippen LogP) is 3.18. The van der Waals surface area contributed by atoms with Crippen molar-refractivity contribution >= 4 is 11.6 Å². The molecule has 0 aliphatic heterocycles. The number of fused-ring (bicyclic) bond motifs is 1. The molecule has 0 fully saturated rings. The fourth-order valence-electron chi connectivity index (χ4n) is 2.43. The third kappa shape index (κ3) is 3.01. The van der Waals surface area contributed by atoms with Crippen molar-refractivity contribution < 1.29 is 4.79 Å². The van der Waals surface area contributed by atoms with Crippen LogP contribution in [0.25, 0.3) is 5.65 Å². The maximum Gasteiger partial charge on any atom is 0.271 e. The molecule has 1 atom stereocenters. The molecule has 0 radical (unpaired) electrons. The van der Waals surface area contributed by atoms with Crippen LogP contribution in [-0.4, -0.2) is 21.8 Å². The van der Waals surface area contributed by atoms with E-state index >= 15 is 0 Å². The highest BCUT2D eigenvalue weighted by Crippen LogP contribution is 2.13. The van der Waals surface area contributed by atoms with Crippen LogP contribution in [0.1, 0.15) is 34.5 Å². The van der Waals surface area contributed by atoms with Gasteiger partial charge >= 0.3 is 0 Å². The van der Waals surface area contributed by atoms with E-state index in [1.54, 1.807) is 6.20 Å². The molecule has 0 aliphatic carbocycles. The van der Waals surface area contributed by atoms with Gasteiger partial charge in [0.1, 0.15) is 11.3 Å². The Morgan fingerprint density at radius 1 is 1.27 bits per heavy atom. The fourth-order valence-corrected chi connectivity index (χ4v) is 2.43. The Balaban J connectivity index is 1.68. The van der Waals surface area contributed by atoms with Crippen LogP contribution in [0, 0.1) is 6.92 Å². The molecule has 0 saturated carbocycles. The van der Waals surface area contributed by atoms with E-state index in [2.05, 4.69) is 29.4 Å². The molecule has 0 aliphatic rings. The maximum absolute atomic E-state index is 12.2. The van der Waals surface area contributed by atoms with Crippen molar-refractivity contribution in [2.24, 2.45) is 0 Å². The first-order valence-electron chi connectivity index (χ1n) is 7.42. The van der Waals surface area contributed by atoms with Gasteiger partial charge in [0.05, 0.1) is 0 Å². The van der Waals surface area contributed by atoms with Crippen LogP contribution in [0.3, 0.4) is 0 Å². The SMILES string of the molecule is Cc1ccn2cc(C(=O)NCC(C)c3ccccc3)nc2c1. The Labute approximate surface area is 129 Å². The van der Waals surface area contributed by atoms with Crippen molar-refractivity contribution in [1.29, 1.82) is 0 Å². The summed E-state index contributed by atoms with van der Waals surface area (Å²) in [5.74, 6) is 0.133. The molecule has 2 heterocycles. The third-order valence-corrected chi connectivity index (χ3v) is 3.79. The number of aryl methyl sites for hydroxylation is 1. The topological polar surface area (TPSA) is 46.4 Å². The number of benzene rings is 1. The van der Waals surface area contributed by atoms with Gasteiger partial charge in [0.2, 0.25) is 0 Å². The summed E-state index contributed by atoms with van der Waals surface area (Å²) in [6.45, 7) is 4.70. The van der Waals surface area contributed by atoms with Crippen molar-refractivity contribution in [1.82, 2.24) is 14.7 Å². The zero-order valence-corrected chi connectivity index (χ0v) is 12.8. The Hall–Kier alpha value is -2.62. The summed E-state index contributed by atoms with van der Waals surface area (Å²) in [5, 5.41) is 2.96. The molecule has 3 aromatic rings. The first-order valence-corrected chi connectivity index (χ1v) is 7.42. The molecule has 1 aromatic carbocycles. The van der Waals surface area contributed by atoms with Crippen LogP contribution in [0.4, 0.5) is 0 Å². The summed E-state index contributed by atoms with van der Waals surface area (Å²) < 4.78 is 1.86. The quantitative estimate of drug-likeness (QED) is 0.803. The summed E-state index contributed by atoms with van der Waals surface area (Å²) in [5.41, 5.74) is 3.59. The lowest BCUT2D eigenvalue weighted by Crippen LogP contribution is -2.27. The van der Waals surface area contributed by atoms with Crippen LogP contribution < -0.4 is 5.32 Å². The molecule has 0 saturated heterocycles. The molecule has 4 heteroatoms. The minimum atomic E-state index is -0.135. The second-order valence-corrected chi connectivity index (χ2v) is 5.62. The highest BCUT2D eigenvalue weighted by atomic mass is 16.1. The number of nitrogens with one attached hydrogen (secondary N) is 1. The van der Waals surface area contributed by atoms with Gasteiger partial charge in [-0.05, 0) is 36.1 Å². The summed E-state index contributed by atoms with van der Waals surface area (Å²) in [6.07, 6.45) is 3.68. The predicted molar refractivity (Wildman–Crippen MR) is 87.1 cm³/mol. The smallest absolute Gasteiger partial charge is 0.271 e. The largest absolute Gasteiger partial charge is 0.350 e. The minimum absolute atomic E-state index is 0.135. The molecular weight excluding hydrogens is 274 g/mol. The second kappa shape index (κ2) is 6.02. The highest BCUT2D eigenvalue weighted by Gasteiger charge is 2.12. The lowest BCUT2D eigenvalue weighted by Gasteiger charge is -2.12. The molecule has 2 aromatic heterocycles. The standard InChI is InChI=1S/C18H19N3O/c1-13-8-9-21-12-16(20-17(21)10-13)18(22)19-11-14(2)15-6-4-3-5-7-15/h3-10,12,14H,11H2,1-2H3,(H,19,22). The first kappa shape index (κ1) is 14.3. The molecule has 0 bridgehead atoms. The van der Waals surface area contributed by atoms with E-state index in [4.69, 9.17) is 0 Å². The summed E-state index contributed by atoms with van der Waals surface area (Å²) in [4.78, 5) is 16.6. The van der Waals surface area contributed by atoms with Gasteiger partial charge in [-0.1, -0.05) is 37.3 Å². The lowest BCUT2D eigenvalue weighted by atomic mass is 10.0. The maximum atomic E-state index is 12.2. The van der Waals surface area contributed by atoms with E-state index < -0.39 is 0 Å². The number of aromatic nitrogens is 2. The number of nitrogens with zero attached hydrogens (tertiary/aromatic N) is 2. The van der Waals surface area contributed by atoms with Gasteiger partial charge in [-0.2, -0.15) is 0 Å². The van der Waals surface area contributed by atoms with Crippen molar-refractivity contribution in [3.8, 4) is 0 Å². The van der Waals surface area contributed by atoms with Crippen molar-refractivity contribution in [3.63, 3.8) is 0 Å². The number of amides is 1. The van der Waals surface area contributed by atoms with Crippen LogP contribution in [0.2, 0.25) is 0 Å². The number of hydrogen-bond acceptors (Lipinski definition) is 2. The lowest BCUT2D eigenvalue weighted by molar-refractivity contribution is 0.0947. The molecule has 3 rings (SSSR count). The fraction of sp³-hybridized carbons (Fsp3) is 0.222. The molecule has 1 unspecified atom stereocenters. The van der Waals surface area contributed by atoms with Crippen molar-refractivity contribution in [3.05, 3.63) is 71.7 Å². The average molecular weight is 293 g/mol. The van der Waals surface area contributed by atoms with E-state index in [9.17, 15) is 4.79 Å². The van der Waals surface area contributed by atoms with Crippen LogP contribution >= 0.6 is 0 Å². The summed E-state index contributed by atoms with van der Waals surface area (Å²) in [6, 6.07) is 14.1. The third-order valence-electron chi connectivity index (χ3n) is 3.79. The summed E-state index contributed by atoms with van der Waals surface area (Å²) >= 11 is 0. The zero-order valence-electron chi connectivity index (χ0n) is 12.8. The Kier molecular flexibility index (Phi) is 3.92. The van der Waals surface area contributed by atoms with E-state index in [-0.39, 0.29) is 11.8 Å². The van der Waals surface area contributed by atoms with Gasteiger partial charge < -0.3 is 9.72 Å². The molecule has 22 heavy (non-hydrogen) atoms. The van der Waals surface area contributed by atoms with Gasteiger partial charge in [0.15, 0.2) is 0 Å². The summed E-state index contributed by atoms with van der Waals surface area (Å²) in [7, 11) is 0. The van der Waals surface area contributed by atoms with Crippen molar-refractivity contribution in [2.45, 2.75) is 19.8 Å². The minimum Gasteiger partial charge on any atom is -0.350 e. The van der Waals surface area contributed by atoms with E-state index in [0.717, 1.165) is 11.2 Å². The van der Waals surface area contributed by atoms with Crippen LogP contribution in [0.15, 0.2) is 54.9 Å². The number of rotatable bonds is 4. The Morgan fingerprint density at radius 2 is 2.05 bits per heavy atom. The van der Waals surface area contributed by atoms with E-state index in [0.29, 0.717) is 12.2 Å². The Morgan fingerprint density at radius 3 is 2.82 bits per heavy atom. The second-order valence-electron chi connectivity index (χ2n) is 5.62. The number of carbonyl (C=O) groups excluding carboxylic acids is 1. The molecule has 112 valence electrons. The molecule has 1 amide bonds.